The molecule has 6 rings (SSSR count). The lowest BCUT2D eigenvalue weighted by Gasteiger charge is -2.33. The molecule has 1 fully saturated rings. The molecular weight excluding hydrogens is 403 g/mol. The Hall–Kier alpha value is -3.09. The van der Waals surface area contributed by atoms with E-state index in [0.717, 1.165) is 65.8 Å². The molecule has 2 aromatic heterocycles. The average molecular weight is 429 g/mol. The second-order valence-electron chi connectivity index (χ2n) is 9.12. The third kappa shape index (κ3) is 2.98. The SMILES string of the molecule is Cc1cc2c(CN3CCN(C)CC3)c3c(nc2cc1F)-c1cc2ccccc2c(=O)n1C3. The summed E-state index contributed by atoms with van der Waals surface area (Å²) in [4.78, 5) is 23.0. The van der Waals surface area contributed by atoms with Gasteiger partial charge in [-0.3, -0.25) is 9.69 Å². The van der Waals surface area contributed by atoms with Crippen LogP contribution in [0.2, 0.25) is 0 Å². The summed E-state index contributed by atoms with van der Waals surface area (Å²) in [5, 5.41) is 2.62. The molecule has 32 heavy (non-hydrogen) atoms. The van der Waals surface area contributed by atoms with Crippen molar-refractivity contribution in [2.45, 2.75) is 20.0 Å². The van der Waals surface area contributed by atoms with Crippen LogP contribution in [-0.4, -0.2) is 52.6 Å². The van der Waals surface area contributed by atoms with Gasteiger partial charge in [0.25, 0.3) is 5.56 Å². The number of pyridine rings is 2. The number of nitrogens with zero attached hydrogens (tertiary/aromatic N) is 4. The fourth-order valence-corrected chi connectivity index (χ4v) is 5.10. The van der Waals surface area contributed by atoms with Gasteiger partial charge in [0.05, 0.1) is 23.4 Å². The molecule has 0 amide bonds. The Labute approximate surface area is 185 Å². The van der Waals surface area contributed by atoms with Crippen LogP contribution in [0.5, 0.6) is 0 Å². The van der Waals surface area contributed by atoms with Crippen molar-refractivity contribution in [2.75, 3.05) is 33.2 Å². The van der Waals surface area contributed by atoms with Crippen LogP contribution in [0.3, 0.4) is 0 Å². The largest absolute Gasteiger partial charge is 0.304 e. The van der Waals surface area contributed by atoms with Crippen molar-refractivity contribution < 1.29 is 4.39 Å². The van der Waals surface area contributed by atoms with Crippen molar-refractivity contribution >= 4 is 21.7 Å². The summed E-state index contributed by atoms with van der Waals surface area (Å²) in [6.45, 7) is 7.14. The number of benzene rings is 2. The molecule has 0 spiro atoms. The van der Waals surface area contributed by atoms with Gasteiger partial charge in [0.15, 0.2) is 0 Å². The van der Waals surface area contributed by atoms with Crippen LogP contribution < -0.4 is 5.56 Å². The summed E-state index contributed by atoms with van der Waals surface area (Å²) >= 11 is 0. The van der Waals surface area contributed by atoms with E-state index in [-0.39, 0.29) is 11.4 Å². The number of rotatable bonds is 2. The van der Waals surface area contributed by atoms with E-state index in [1.165, 1.54) is 5.56 Å². The van der Waals surface area contributed by atoms with Crippen molar-refractivity contribution in [3.63, 3.8) is 0 Å². The lowest BCUT2D eigenvalue weighted by molar-refractivity contribution is 0.148. The van der Waals surface area contributed by atoms with Gasteiger partial charge < -0.3 is 9.47 Å². The Balaban J connectivity index is 1.58. The first-order valence-electron chi connectivity index (χ1n) is 11.1. The molecule has 2 aliphatic heterocycles. The van der Waals surface area contributed by atoms with Crippen molar-refractivity contribution in [3.05, 3.63) is 75.3 Å². The van der Waals surface area contributed by atoms with Crippen LogP contribution in [0.25, 0.3) is 33.1 Å². The van der Waals surface area contributed by atoms with E-state index in [9.17, 15) is 9.18 Å². The number of hydrogen-bond acceptors (Lipinski definition) is 4. The molecule has 0 unspecified atom stereocenters. The summed E-state index contributed by atoms with van der Waals surface area (Å²) < 4.78 is 16.3. The normalized spacial score (nSPS) is 16.6. The lowest BCUT2D eigenvalue weighted by atomic mass is 9.98. The van der Waals surface area contributed by atoms with Crippen molar-refractivity contribution in [1.29, 1.82) is 0 Å². The van der Waals surface area contributed by atoms with Gasteiger partial charge in [0.1, 0.15) is 5.82 Å². The highest BCUT2D eigenvalue weighted by Crippen LogP contribution is 2.37. The minimum absolute atomic E-state index is 0.00747. The lowest BCUT2D eigenvalue weighted by Crippen LogP contribution is -2.44. The Bertz CT molecular complexity index is 1450. The highest BCUT2D eigenvalue weighted by molar-refractivity contribution is 5.91. The molecule has 6 heteroatoms. The van der Waals surface area contributed by atoms with Crippen LogP contribution in [0, 0.1) is 12.7 Å². The minimum Gasteiger partial charge on any atom is -0.304 e. The zero-order valence-corrected chi connectivity index (χ0v) is 18.4. The predicted molar refractivity (Wildman–Crippen MR) is 126 cm³/mol. The highest BCUT2D eigenvalue weighted by Gasteiger charge is 2.28. The molecule has 4 heterocycles. The molecule has 2 aliphatic rings. The van der Waals surface area contributed by atoms with Gasteiger partial charge in [-0.15, -0.1) is 0 Å². The quantitative estimate of drug-likeness (QED) is 0.429. The number of aromatic nitrogens is 2. The van der Waals surface area contributed by atoms with Gasteiger partial charge in [-0.05, 0) is 48.7 Å². The summed E-state index contributed by atoms with van der Waals surface area (Å²) in [5.41, 5.74) is 5.19. The summed E-state index contributed by atoms with van der Waals surface area (Å²) in [7, 11) is 2.15. The number of hydrogen-bond donors (Lipinski definition) is 0. The Kier molecular flexibility index (Phi) is 4.42. The van der Waals surface area contributed by atoms with Crippen molar-refractivity contribution in [3.8, 4) is 11.4 Å². The molecular formula is C26H25FN4O. The van der Waals surface area contributed by atoms with E-state index in [0.29, 0.717) is 17.6 Å². The van der Waals surface area contributed by atoms with Gasteiger partial charge in [-0.25, -0.2) is 9.37 Å². The molecule has 0 N–H and O–H groups in total. The topological polar surface area (TPSA) is 41.4 Å². The third-order valence-corrected chi connectivity index (χ3v) is 7.04. The van der Waals surface area contributed by atoms with Crippen LogP contribution >= 0.6 is 0 Å². The maximum Gasteiger partial charge on any atom is 0.259 e. The molecule has 2 aromatic carbocycles. The highest BCUT2D eigenvalue weighted by atomic mass is 19.1. The predicted octanol–water partition coefficient (Wildman–Crippen LogP) is 3.77. The molecule has 0 saturated carbocycles. The van der Waals surface area contributed by atoms with E-state index in [4.69, 9.17) is 4.98 Å². The van der Waals surface area contributed by atoms with Crippen LogP contribution in [0.4, 0.5) is 4.39 Å². The Morgan fingerprint density at radius 1 is 1.03 bits per heavy atom. The number of fused-ring (bicyclic) bond motifs is 5. The van der Waals surface area contributed by atoms with Crippen molar-refractivity contribution in [1.82, 2.24) is 19.4 Å². The first-order chi connectivity index (χ1) is 15.5. The van der Waals surface area contributed by atoms with Crippen molar-refractivity contribution in [2.24, 2.45) is 0 Å². The summed E-state index contributed by atoms with van der Waals surface area (Å²) in [5.74, 6) is -0.246. The molecule has 0 atom stereocenters. The number of likely N-dealkylation sites (N-methyl/N-ethyl adjacent to an activating group) is 1. The average Bonchev–Trinajstić information content (AvgIpc) is 3.15. The third-order valence-electron chi connectivity index (χ3n) is 7.04. The molecule has 4 aromatic rings. The number of piperazine rings is 1. The molecule has 162 valence electrons. The number of aryl methyl sites for hydroxylation is 1. The smallest absolute Gasteiger partial charge is 0.259 e. The first kappa shape index (κ1) is 19.6. The van der Waals surface area contributed by atoms with E-state index in [1.54, 1.807) is 13.0 Å². The molecule has 1 saturated heterocycles. The van der Waals surface area contributed by atoms with E-state index < -0.39 is 0 Å². The van der Waals surface area contributed by atoms with E-state index in [1.807, 2.05) is 41.0 Å². The Morgan fingerprint density at radius 3 is 2.62 bits per heavy atom. The second kappa shape index (κ2) is 7.22. The molecule has 0 aliphatic carbocycles. The maximum absolute atomic E-state index is 14.5. The fraction of sp³-hybridized carbons (Fsp3) is 0.308. The minimum atomic E-state index is -0.246. The van der Waals surface area contributed by atoms with Gasteiger partial charge >= 0.3 is 0 Å². The van der Waals surface area contributed by atoms with Gasteiger partial charge in [-0.1, -0.05) is 18.2 Å². The van der Waals surface area contributed by atoms with E-state index >= 15 is 0 Å². The maximum atomic E-state index is 14.5. The van der Waals surface area contributed by atoms with Gasteiger partial charge in [0, 0.05) is 55.1 Å². The number of halogens is 1. The Morgan fingerprint density at radius 2 is 1.81 bits per heavy atom. The zero-order chi connectivity index (χ0) is 22.0. The van der Waals surface area contributed by atoms with Crippen LogP contribution in [-0.2, 0) is 13.1 Å². The van der Waals surface area contributed by atoms with Gasteiger partial charge in [-0.2, -0.15) is 0 Å². The first-order valence-corrected chi connectivity index (χ1v) is 11.1. The molecule has 0 radical (unpaired) electrons. The summed E-state index contributed by atoms with van der Waals surface area (Å²) in [6, 6.07) is 13.2. The second-order valence-corrected chi connectivity index (χ2v) is 9.12. The van der Waals surface area contributed by atoms with Crippen LogP contribution in [0.1, 0.15) is 16.7 Å². The standard InChI is InChI=1S/C26H25FN4O/c1-16-11-19-20(14-30-9-7-29(2)8-10-30)21-15-31-24(25(21)28-23(19)13-22(16)27)12-17-5-3-4-6-18(17)26(31)32/h3-6,11-13H,7-10,14-15H2,1-2H3. The van der Waals surface area contributed by atoms with Gasteiger partial charge in [0.2, 0.25) is 0 Å². The van der Waals surface area contributed by atoms with Crippen LogP contribution in [0.15, 0.2) is 47.3 Å². The monoisotopic (exact) mass is 428 g/mol. The van der Waals surface area contributed by atoms with E-state index in [2.05, 4.69) is 16.8 Å². The fourth-order valence-electron chi connectivity index (χ4n) is 5.10. The summed E-state index contributed by atoms with van der Waals surface area (Å²) in [6.07, 6.45) is 0. The molecule has 0 bridgehead atoms. The molecule has 5 nitrogen and oxygen atoms in total. The zero-order valence-electron chi connectivity index (χ0n) is 18.4.